The first-order chi connectivity index (χ1) is 10.2. The van der Waals surface area contributed by atoms with E-state index in [1.807, 2.05) is 30.3 Å². The minimum absolute atomic E-state index is 0.457. The Hall–Kier alpha value is -2.28. The highest BCUT2D eigenvalue weighted by Crippen LogP contribution is 2.31. The molecule has 0 amide bonds. The zero-order valence-corrected chi connectivity index (χ0v) is 12.3. The van der Waals surface area contributed by atoms with Crippen molar-refractivity contribution >= 4 is 45.5 Å². The summed E-state index contributed by atoms with van der Waals surface area (Å²) in [5, 5.41) is 14.3. The molecule has 3 nitrogen and oxygen atoms in total. The fourth-order valence-corrected chi connectivity index (χ4v) is 2.38. The molecule has 0 radical (unpaired) electrons. The van der Waals surface area contributed by atoms with Crippen LogP contribution >= 0.6 is 23.2 Å². The minimum atomic E-state index is 0.457. The van der Waals surface area contributed by atoms with Crippen LogP contribution in [0.1, 0.15) is 5.56 Å². The molecule has 0 saturated heterocycles. The van der Waals surface area contributed by atoms with Crippen molar-refractivity contribution in [2.45, 2.75) is 0 Å². The second-order valence-electron chi connectivity index (χ2n) is 4.43. The Morgan fingerprint density at radius 2 is 1.86 bits per heavy atom. The molecule has 1 N–H and O–H groups in total. The Morgan fingerprint density at radius 3 is 2.62 bits per heavy atom. The van der Waals surface area contributed by atoms with Crippen molar-refractivity contribution in [1.29, 1.82) is 5.26 Å². The third-order valence-corrected chi connectivity index (χ3v) is 3.82. The number of benzene rings is 2. The number of nitrogens with zero attached hydrogens (tertiary/aromatic N) is 2. The molecular weight excluding hydrogens is 305 g/mol. The molecule has 102 valence electrons. The standard InChI is InChI=1S/C16H9Cl2N3/c17-13-6-5-11(7-14(13)18)21-16-10(8-19)9-20-15-4-2-1-3-12(15)16/h1-7,9H,(H,20,21). The van der Waals surface area contributed by atoms with Gasteiger partial charge in [-0.05, 0) is 24.3 Å². The van der Waals surface area contributed by atoms with E-state index in [4.69, 9.17) is 23.2 Å². The van der Waals surface area contributed by atoms with E-state index in [1.165, 1.54) is 0 Å². The van der Waals surface area contributed by atoms with E-state index in [2.05, 4.69) is 16.4 Å². The Bertz CT molecular complexity index is 869. The van der Waals surface area contributed by atoms with Crippen molar-refractivity contribution in [2.24, 2.45) is 0 Å². The number of para-hydroxylation sites is 1. The summed E-state index contributed by atoms with van der Waals surface area (Å²) >= 11 is 11.9. The number of pyridine rings is 1. The monoisotopic (exact) mass is 313 g/mol. The molecule has 0 fully saturated rings. The number of halogens is 2. The predicted molar refractivity (Wildman–Crippen MR) is 86.2 cm³/mol. The number of rotatable bonds is 2. The van der Waals surface area contributed by atoms with Gasteiger partial charge in [-0.1, -0.05) is 41.4 Å². The SMILES string of the molecule is N#Cc1cnc2ccccc2c1Nc1ccc(Cl)c(Cl)c1. The highest BCUT2D eigenvalue weighted by molar-refractivity contribution is 6.42. The Labute approximate surface area is 131 Å². The number of aromatic nitrogens is 1. The van der Waals surface area contributed by atoms with Crippen LogP contribution in [0.4, 0.5) is 11.4 Å². The summed E-state index contributed by atoms with van der Waals surface area (Å²) in [6, 6.07) is 15.0. The largest absolute Gasteiger partial charge is 0.354 e. The molecule has 0 aliphatic rings. The van der Waals surface area contributed by atoms with E-state index in [0.717, 1.165) is 16.6 Å². The molecule has 0 unspecified atom stereocenters. The Kier molecular flexibility index (Phi) is 3.66. The van der Waals surface area contributed by atoms with Crippen LogP contribution < -0.4 is 5.32 Å². The smallest absolute Gasteiger partial charge is 0.103 e. The molecule has 0 saturated carbocycles. The lowest BCUT2D eigenvalue weighted by molar-refractivity contribution is 1.36. The number of fused-ring (bicyclic) bond motifs is 1. The number of nitrogens with one attached hydrogen (secondary N) is 1. The van der Waals surface area contributed by atoms with E-state index in [1.54, 1.807) is 18.3 Å². The van der Waals surface area contributed by atoms with Crippen LogP contribution in [0.3, 0.4) is 0 Å². The fourth-order valence-electron chi connectivity index (χ4n) is 2.08. The summed E-state index contributed by atoms with van der Waals surface area (Å²) in [5.74, 6) is 0. The first-order valence-corrected chi connectivity index (χ1v) is 6.94. The molecule has 0 bridgehead atoms. The number of hydrogen-bond donors (Lipinski definition) is 1. The maximum absolute atomic E-state index is 9.28. The lowest BCUT2D eigenvalue weighted by atomic mass is 10.1. The van der Waals surface area contributed by atoms with Gasteiger partial charge in [0.2, 0.25) is 0 Å². The first-order valence-electron chi connectivity index (χ1n) is 6.19. The van der Waals surface area contributed by atoms with Crippen LogP contribution in [0.2, 0.25) is 10.0 Å². The van der Waals surface area contributed by atoms with Crippen molar-refractivity contribution in [1.82, 2.24) is 4.98 Å². The third kappa shape index (κ3) is 2.64. The molecule has 1 aromatic heterocycles. The fraction of sp³-hybridized carbons (Fsp3) is 0. The van der Waals surface area contributed by atoms with Gasteiger partial charge in [-0.3, -0.25) is 4.98 Å². The Balaban J connectivity index is 2.14. The van der Waals surface area contributed by atoms with Crippen molar-refractivity contribution in [3.05, 3.63) is 64.3 Å². The summed E-state index contributed by atoms with van der Waals surface area (Å²) in [4.78, 5) is 4.28. The normalized spacial score (nSPS) is 10.3. The number of nitriles is 1. The highest BCUT2D eigenvalue weighted by Gasteiger charge is 2.09. The zero-order chi connectivity index (χ0) is 14.8. The molecule has 3 aromatic rings. The molecule has 21 heavy (non-hydrogen) atoms. The van der Waals surface area contributed by atoms with Crippen LogP contribution in [-0.4, -0.2) is 4.98 Å². The van der Waals surface area contributed by atoms with E-state index in [0.29, 0.717) is 21.3 Å². The van der Waals surface area contributed by atoms with Gasteiger partial charge in [0.1, 0.15) is 6.07 Å². The molecule has 0 aliphatic carbocycles. The van der Waals surface area contributed by atoms with Crippen LogP contribution in [-0.2, 0) is 0 Å². The lowest BCUT2D eigenvalue weighted by Gasteiger charge is -2.12. The van der Waals surface area contributed by atoms with Crippen LogP contribution in [0, 0.1) is 11.3 Å². The van der Waals surface area contributed by atoms with Gasteiger partial charge in [0, 0.05) is 17.3 Å². The van der Waals surface area contributed by atoms with Gasteiger partial charge in [0.25, 0.3) is 0 Å². The topological polar surface area (TPSA) is 48.7 Å². The van der Waals surface area contributed by atoms with Gasteiger partial charge < -0.3 is 5.32 Å². The minimum Gasteiger partial charge on any atom is -0.354 e. The molecule has 0 spiro atoms. The van der Waals surface area contributed by atoms with Crippen LogP contribution in [0.15, 0.2) is 48.7 Å². The molecule has 5 heteroatoms. The number of hydrogen-bond acceptors (Lipinski definition) is 3. The quantitative estimate of drug-likeness (QED) is 0.711. The van der Waals surface area contributed by atoms with Gasteiger partial charge in [0.05, 0.1) is 26.8 Å². The van der Waals surface area contributed by atoms with E-state index >= 15 is 0 Å². The predicted octanol–water partition coefficient (Wildman–Crippen LogP) is 5.16. The lowest BCUT2D eigenvalue weighted by Crippen LogP contribution is -1.96. The highest BCUT2D eigenvalue weighted by atomic mass is 35.5. The van der Waals surface area contributed by atoms with Crippen molar-refractivity contribution < 1.29 is 0 Å². The van der Waals surface area contributed by atoms with Gasteiger partial charge in [-0.25, -0.2) is 0 Å². The van der Waals surface area contributed by atoms with Crippen molar-refractivity contribution in [3.8, 4) is 6.07 Å². The summed E-state index contributed by atoms with van der Waals surface area (Å²) in [7, 11) is 0. The summed E-state index contributed by atoms with van der Waals surface area (Å²) in [6.07, 6.45) is 1.56. The van der Waals surface area contributed by atoms with Crippen molar-refractivity contribution in [3.63, 3.8) is 0 Å². The van der Waals surface area contributed by atoms with E-state index in [-0.39, 0.29) is 0 Å². The Morgan fingerprint density at radius 1 is 1.05 bits per heavy atom. The van der Waals surface area contributed by atoms with E-state index < -0.39 is 0 Å². The second kappa shape index (κ2) is 5.61. The second-order valence-corrected chi connectivity index (χ2v) is 5.24. The molecule has 0 atom stereocenters. The van der Waals surface area contributed by atoms with Gasteiger partial charge in [0.15, 0.2) is 0 Å². The molecule has 2 aromatic carbocycles. The molecule has 0 aliphatic heterocycles. The molecule has 1 heterocycles. The zero-order valence-electron chi connectivity index (χ0n) is 10.8. The maximum Gasteiger partial charge on any atom is 0.103 e. The average molecular weight is 314 g/mol. The summed E-state index contributed by atoms with van der Waals surface area (Å²) in [6.45, 7) is 0. The van der Waals surface area contributed by atoms with Gasteiger partial charge >= 0.3 is 0 Å². The van der Waals surface area contributed by atoms with Gasteiger partial charge in [-0.2, -0.15) is 5.26 Å². The average Bonchev–Trinajstić information content (AvgIpc) is 2.51. The summed E-state index contributed by atoms with van der Waals surface area (Å²) in [5.41, 5.74) is 2.76. The molecular formula is C16H9Cl2N3. The third-order valence-electron chi connectivity index (χ3n) is 3.08. The maximum atomic E-state index is 9.28. The van der Waals surface area contributed by atoms with Crippen LogP contribution in [0.5, 0.6) is 0 Å². The first kappa shape index (κ1) is 13.7. The summed E-state index contributed by atoms with van der Waals surface area (Å²) < 4.78 is 0. The van der Waals surface area contributed by atoms with Gasteiger partial charge in [-0.15, -0.1) is 0 Å². The number of anilines is 2. The van der Waals surface area contributed by atoms with Crippen LogP contribution in [0.25, 0.3) is 10.9 Å². The van der Waals surface area contributed by atoms with Crippen molar-refractivity contribution in [2.75, 3.05) is 5.32 Å². The van der Waals surface area contributed by atoms with E-state index in [9.17, 15) is 5.26 Å². The molecule has 3 rings (SSSR count).